The first kappa shape index (κ1) is 17.5. The summed E-state index contributed by atoms with van der Waals surface area (Å²) in [5, 5.41) is 9.94. The van der Waals surface area contributed by atoms with Crippen molar-refractivity contribution in [2.24, 2.45) is 5.92 Å². The number of aromatic nitrogens is 1. The van der Waals surface area contributed by atoms with Gasteiger partial charge in [0.1, 0.15) is 5.78 Å². The van der Waals surface area contributed by atoms with Crippen molar-refractivity contribution in [3.05, 3.63) is 65.4 Å². The molecular weight excluding hydrogens is 360 g/mol. The lowest BCUT2D eigenvalue weighted by atomic mass is 10.0. The van der Waals surface area contributed by atoms with Gasteiger partial charge in [0.2, 0.25) is 0 Å². The molecule has 0 N–H and O–H groups in total. The molecule has 3 aromatic rings. The van der Waals surface area contributed by atoms with E-state index in [1.54, 1.807) is 55.6 Å². The van der Waals surface area contributed by atoms with Gasteiger partial charge in [-0.05, 0) is 62.1 Å². The van der Waals surface area contributed by atoms with E-state index < -0.39 is 10.0 Å². The number of nitriles is 1. The number of hydrogen-bond acceptors (Lipinski definition) is 4. The number of benzene rings is 2. The molecule has 136 valence electrons. The van der Waals surface area contributed by atoms with Crippen LogP contribution in [0, 0.1) is 24.2 Å². The number of rotatable bonds is 4. The van der Waals surface area contributed by atoms with Crippen molar-refractivity contribution >= 4 is 26.7 Å². The number of hydrogen-bond donors (Lipinski definition) is 0. The third-order valence-electron chi connectivity index (χ3n) is 5.22. The molecule has 2 unspecified atom stereocenters. The van der Waals surface area contributed by atoms with Crippen LogP contribution in [0.5, 0.6) is 0 Å². The fourth-order valence-corrected chi connectivity index (χ4v) is 4.98. The maximum absolute atomic E-state index is 13.2. The quantitative estimate of drug-likeness (QED) is 0.692. The lowest BCUT2D eigenvalue weighted by Gasteiger charge is -2.08. The second-order valence-corrected chi connectivity index (χ2v) is 8.92. The van der Waals surface area contributed by atoms with Gasteiger partial charge in [-0.2, -0.15) is 5.26 Å². The minimum atomic E-state index is -3.78. The van der Waals surface area contributed by atoms with Gasteiger partial charge in [0, 0.05) is 17.5 Å². The molecule has 2 atom stereocenters. The van der Waals surface area contributed by atoms with Crippen LogP contribution in [0.1, 0.15) is 36.0 Å². The SMILES string of the molecule is CC(=O)C1CC1c1cn(S(=O)(=O)c2ccc(C)cc2)c2ccc(C#N)cc12. The summed E-state index contributed by atoms with van der Waals surface area (Å²) in [6.45, 7) is 3.46. The highest BCUT2D eigenvalue weighted by atomic mass is 32.2. The zero-order valence-corrected chi connectivity index (χ0v) is 15.8. The number of nitrogens with zero attached hydrogens (tertiary/aromatic N) is 2. The molecule has 1 fully saturated rings. The Morgan fingerprint density at radius 2 is 1.89 bits per heavy atom. The zero-order chi connectivity index (χ0) is 19.3. The summed E-state index contributed by atoms with van der Waals surface area (Å²) in [4.78, 5) is 11.9. The third kappa shape index (κ3) is 2.84. The van der Waals surface area contributed by atoms with Gasteiger partial charge in [0.05, 0.1) is 22.0 Å². The third-order valence-corrected chi connectivity index (χ3v) is 6.91. The van der Waals surface area contributed by atoms with E-state index >= 15 is 0 Å². The van der Waals surface area contributed by atoms with Crippen LogP contribution in [0.4, 0.5) is 0 Å². The summed E-state index contributed by atoms with van der Waals surface area (Å²) in [6.07, 6.45) is 2.34. The van der Waals surface area contributed by atoms with Crippen LogP contribution in [0.2, 0.25) is 0 Å². The van der Waals surface area contributed by atoms with Crippen LogP contribution < -0.4 is 0 Å². The van der Waals surface area contributed by atoms with Gasteiger partial charge in [0.25, 0.3) is 10.0 Å². The molecule has 0 saturated heterocycles. The summed E-state index contributed by atoms with van der Waals surface area (Å²) in [6, 6.07) is 13.8. The normalized spacial score (nSPS) is 19.0. The maximum atomic E-state index is 13.2. The van der Waals surface area contributed by atoms with Crippen molar-refractivity contribution < 1.29 is 13.2 Å². The molecule has 5 nitrogen and oxygen atoms in total. The van der Waals surface area contributed by atoms with E-state index in [4.69, 9.17) is 0 Å². The minimum absolute atomic E-state index is 0.00779. The van der Waals surface area contributed by atoms with Gasteiger partial charge in [-0.15, -0.1) is 0 Å². The van der Waals surface area contributed by atoms with E-state index in [-0.39, 0.29) is 22.5 Å². The molecule has 0 bridgehead atoms. The molecule has 1 heterocycles. The van der Waals surface area contributed by atoms with Crippen LogP contribution >= 0.6 is 0 Å². The average Bonchev–Trinajstić information content (AvgIpc) is 3.35. The predicted molar refractivity (Wildman–Crippen MR) is 102 cm³/mol. The highest BCUT2D eigenvalue weighted by molar-refractivity contribution is 7.90. The van der Waals surface area contributed by atoms with Crippen LogP contribution in [0.3, 0.4) is 0 Å². The lowest BCUT2D eigenvalue weighted by molar-refractivity contribution is -0.118. The van der Waals surface area contributed by atoms with E-state index in [1.807, 2.05) is 6.92 Å². The molecular formula is C21H18N2O3S. The largest absolute Gasteiger partial charge is 0.300 e. The Hall–Kier alpha value is -2.91. The number of ketones is 1. The molecule has 0 spiro atoms. The Morgan fingerprint density at radius 3 is 2.48 bits per heavy atom. The standard InChI is InChI=1S/C21H18N2O3S/c1-13-3-6-16(7-4-13)27(25,26)23-12-20(18-10-17(18)14(2)24)19-9-15(11-22)5-8-21(19)23/h3-9,12,17-18H,10H2,1-2H3. The van der Waals surface area contributed by atoms with Crippen molar-refractivity contribution in [3.63, 3.8) is 0 Å². The molecule has 1 aromatic heterocycles. The van der Waals surface area contributed by atoms with Crippen molar-refractivity contribution in [2.45, 2.75) is 31.1 Å². The second-order valence-electron chi connectivity index (χ2n) is 7.10. The van der Waals surface area contributed by atoms with Crippen LogP contribution in [-0.2, 0) is 14.8 Å². The van der Waals surface area contributed by atoms with Crippen molar-refractivity contribution in [3.8, 4) is 6.07 Å². The number of carbonyl (C=O) groups is 1. The van der Waals surface area contributed by atoms with Crippen molar-refractivity contribution in [2.75, 3.05) is 0 Å². The summed E-state index contributed by atoms with van der Waals surface area (Å²) in [5.41, 5.74) is 2.79. The van der Waals surface area contributed by atoms with E-state index in [0.717, 1.165) is 22.9 Å². The van der Waals surface area contributed by atoms with Crippen molar-refractivity contribution in [1.29, 1.82) is 5.26 Å². The van der Waals surface area contributed by atoms with Crippen LogP contribution in [0.25, 0.3) is 10.9 Å². The number of Topliss-reactive ketones (excluding diaryl/α,β-unsaturated/α-hetero) is 1. The molecule has 1 saturated carbocycles. The van der Waals surface area contributed by atoms with Crippen molar-refractivity contribution in [1.82, 2.24) is 3.97 Å². The molecule has 1 aliphatic rings. The summed E-state index contributed by atoms with van der Waals surface area (Å²) < 4.78 is 27.7. The predicted octanol–water partition coefficient (Wildman–Crippen LogP) is 3.75. The molecule has 27 heavy (non-hydrogen) atoms. The van der Waals surface area contributed by atoms with Gasteiger partial charge in [0.15, 0.2) is 0 Å². The highest BCUT2D eigenvalue weighted by Crippen LogP contribution is 2.50. The zero-order valence-electron chi connectivity index (χ0n) is 15.0. The minimum Gasteiger partial charge on any atom is -0.300 e. The molecule has 1 aliphatic carbocycles. The second kappa shape index (κ2) is 6.07. The van der Waals surface area contributed by atoms with Gasteiger partial charge in [-0.25, -0.2) is 12.4 Å². The Labute approximate surface area is 157 Å². The first-order valence-corrected chi connectivity index (χ1v) is 10.1. The van der Waals surface area contributed by atoms with Gasteiger partial charge >= 0.3 is 0 Å². The van der Waals surface area contributed by atoms with Gasteiger partial charge in [-0.1, -0.05) is 17.7 Å². The topological polar surface area (TPSA) is 79.9 Å². The highest BCUT2D eigenvalue weighted by Gasteiger charge is 2.43. The summed E-state index contributed by atoms with van der Waals surface area (Å²) in [7, 11) is -3.78. The van der Waals surface area contributed by atoms with E-state index in [9.17, 15) is 18.5 Å². The first-order chi connectivity index (χ1) is 12.8. The fourth-order valence-electron chi connectivity index (χ4n) is 3.60. The summed E-state index contributed by atoms with van der Waals surface area (Å²) >= 11 is 0. The number of carbonyl (C=O) groups excluding carboxylic acids is 1. The monoisotopic (exact) mass is 378 g/mol. The smallest absolute Gasteiger partial charge is 0.268 e. The Bertz CT molecular complexity index is 1210. The van der Waals surface area contributed by atoms with E-state index in [2.05, 4.69) is 6.07 Å². The van der Waals surface area contributed by atoms with E-state index in [1.165, 1.54) is 3.97 Å². The summed E-state index contributed by atoms with van der Waals surface area (Å²) in [5.74, 6) is 0.0454. The van der Waals surface area contributed by atoms with Gasteiger partial charge < -0.3 is 0 Å². The Kier molecular flexibility index (Phi) is 3.93. The van der Waals surface area contributed by atoms with E-state index in [0.29, 0.717) is 11.1 Å². The lowest BCUT2D eigenvalue weighted by Crippen LogP contribution is -2.11. The molecule has 0 radical (unpaired) electrons. The Morgan fingerprint density at radius 1 is 1.19 bits per heavy atom. The average molecular weight is 378 g/mol. The molecule has 0 amide bonds. The molecule has 6 heteroatoms. The van der Waals surface area contributed by atoms with Crippen LogP contribution in [-0.4, -0.2) is 18.2 Å². The number of fused-ring (bicyclic) bond motifs is 1. The Balaban J connectivity index is 1.93. The molecule has 4 rings (SSSR count). The fraction of sp³-hybridized carbons (Fsp3) is 0.238. The first-order valence-electron chi connectivity index (χ1n) is 8.70. The molecule has 0 aliphatic heterocycles. The number of aryl methyl sites for hydroxylation is 1. The van der Waals surface area contributed by atoms with Gasteiger partial charge in [-0.3, -0.25) is 4.79 Å². The molecule has 2 aromatic carbocycles. The maximum Gasteiger partial charge on any atom is 0.268 e. The van der Waals surface area contributed by atoms with Crippen LogP contribution in [0.15, 0.2) is 53.6 Å².